The van der Waals surface area contributed by atoms with E-state index in [1.54, 1.807) is 45.0 Å². The molecule has 0 unspecified atom stereocenters. The van der Waals surface area contributed by atoms with Crippen molar-refractivity contribution in [2.24, 2.45) is 0 Å². The number of aromatic nitrogens is 7. The summed E-state index contributed by atoms with van der Waals surface area (Å²) in [4.78, 5) is 120. The van der Waals surface area contributed by atoms with Gasteiger partial charge in [-0.15, -0.1) is 0 Å². The Bertz CT molecular complexity index is 3140. The second-order valence-corrected chi connectivity index (χ2v) is 15.2. The highest BCUT2D eigenvalue weighted by Crippen LogP contribution is 2.17. The molecule has 7 heterocycles. The van der Waals surface area contributed by atoms with Crippen molar-refractivity contribution in [1.82, 2.24) is 34.9 Å². The van der Waals surface area contributed by atoms with Crippen molar-refractivity contribution < 1.29 is 38.3 Å². The molecule has 0 aromatic carbocycles. The smallest absolute Gasteiger partial charge is 0.413 e. The normalized spacial score (nSPS) is 10.7. The van der Waals surface area contributed by atoms with Crippen LogP contribution in [0.2, 0.25) is 0 Å². The van der Waals surface area contributed by atoms with Gasteiger partial charge in [0, 0.05) is 0 Å². The Hall–Kier alpha value is -10.1. The van der Waals surface area contributed by atoms with Gasteiger partial charge in [-0.05, 0) is 106 Å². The number of carbonyl (C=O) groups excluding carboxylic acids is 7. The molecule has 0 aliphatic carbocycles. The number of hydrogen-bond donors (Lipinski definition) is 8. The molecule has 0 saturated heterocycles. The first-order valence-electron chi connectivity index (χ1n) is 20.5. The van der Waals surface area contributed by atoms with Gasteiger partial charge < -0.3 is 42.4 Å². The van der Waals surface area contributed by atoms with Crippen molar-refractivity contribution >= 4 is 88.1 Å². The van der Waals surface area contributed by atoms with Gasteiger partial charge in [0.15, 0.2) is 0 Å². The van der Waals surface area contributed by atoms with Crippen LogP contribution in [0.25, 0.3) is 0 Å². The number of carbonyl (C=O) groups is 7. The Balaban J connectivity index is 0.923. The predicted molar refractivity (Wildman–Crippen MR) is 252 cm³/mol. The average Bonchev–Trinajstić information content (AvgIpc) is 3.31. The Morgan fingerprint density at radius 3 is 0.841 bits per heavy atom. The number of nitrogens with zero attached hydrogens (tertiary/aromatic N) is 7. The standard InChI is InChI=1S/C46H39N15O8/c1-46(2,3)69-45(68)61-38-24-10-23-37(54-38)60-44(67)30-16-6-15-29(50-30)43(66)59-36-22-9-21-35(53-36)58-42(65)28-14-5-13-27(49-28)41(64)57-34-20-8-19-33(52-34)56-40(63)26-12-4-11-25(48-26)39(62)55-32-18-7-17-31(47)51-32/h4-24H,1-3H3,(H3,47,51,55,62)(H2,52,56,57,63,64)(H2,53,58,59,65,66)(H2,54,60,61,67,68). The van der Waals surface area contributed by atoms with Crippen LogP contribution in [0.4, 0.5) is 51.3 Å². The minimum Gasteiger partial charge on any atom is -0.444 e. The lowest BCUT2D eigenvalue weighted by atomic mass is 10.2. The van der Waals surface area contributed by atoms with Crippen LogP contribution in [0.1, 0.15) is 83.7 Å². The summed E-state index contributed by atoms with van der Waals surface area (Å²) in [6, 6.07) is 30.9. The van der Waals surface area contributed by atoms with E-state index in [1.807, 2.05) is 0 Å². The number of nitrogen functional groups attached to an aromatic ring is 1. The fourth-order valence-electron chi connectivity index (χ4n) is 5.80. The summed E-state index contributed by atoms with van der Waals surface area (Å²) in [6.45, 7) is 5.14. The number of amides is 7. The highest BCUT2D eigenvalue weighted by Gasteiger charge is 2.20. The van der Waals surface area contributed by atoms with E-state index < -0.39 is 47.1 Å². The molecule has 7 rings (SSSR count). The van der Waals surface area contributed by atoms with Gasteiger partial charge >= 0.3 is 6.09 Å². The molecule has 0 atom stereocenters. The molecule has 23 nitrogen and oxygen atoms in total. The van der Waals surface area contributed by atoms with Crippen molar-refractivity contribution in [3.63, 3.8) is 0 Å². The molecule has 9 N–H and O–H groups in total. The van der Waals surface area contributed by atoms with Crippen molar-refractivity contribution in [2.45, 2.75) is 26.4 Å². The Morgan fingerprint density at radius 2 is 0.580 bits per heavy atom. The Kier molecular flexibility index (Phi) is 14.2. The van der Waals surface area contributed by atoms with Crippen LogP contribution < -0.4 is 43.0 Å². The van der Waals surface area contributed by atoms with Gasteiger partial charge in [0.25, 0.3) is 35.4 Å². The fourth-order valence-corrected chi connectivity index (χ4v) is 5.80. The molecule has 7 aromatic heterocycles. The summed E-state index contributed by atoms with van der Waals surface area (Å²) in [7, 11) is 0. The third-order valence-electron chi connectivity index (χ3n) is 8.74. The van der Waals surface area contributed by atoms with Gasteiger partial charge in [0.2, 0.25) is 0 Å². The van der Waals surface area contributed by atoms with Gasteiger partial charge in [-0.25, -0.2) is 39.7 Å². The molecule has 0 spiro atoms. The van der Waals surface area contributed by atoms with Crippen molar-refractivity contribution in [1.29, 1.82) is 0 Å². The first-order valence-corrected chi connectivity index (χ1v) is 20.5. The number of rotatable bonds is 13. The van der Waals surface area contributed by atoms with E-state index in [0.29, 0.717) is 0 Å². The molecule has 23 heteroatoms. The van der Waals surface area contributed by atoms with Gasteiger partial charge in [-0.3, -0.25) is 34.1 Å². The number of nitrogens with two attached hydrogens (primary N) is 1. The van der Waals surface area contributed by atoms with Crippen LogP contribution in [-0.4, -0.2) is 82.0 Å². The van der Waals surface area contributed by atoms with E-state index in [4.69, 9.17) is 10.5 Å². The Labute approximate surface area is 391 Å². The highest BCUT2D eigenvalue weighted by molar-refractivity contribution is 6.08. The van der Waals surface area contributed by atoms with E-state index in [1.165, 1.54) is 103 Å². The van der Waals surface area contributed by atoms with Gasteiger partial charge in [-0.1, -0.05) is 42.5 Å². The SMILES string of the molecule is CC(C)(C)OC(=O)Nc1cccc(NC(=O)c2cccc(C(=O)Nc3cccc(NC(=O)c4cccc(C(=O)Nc5cccc(NC(=O)c6cccc(C(=O)Nc7cccc(N)n7)n6)n5)n4)n3)n2)n1. The molecular weight excluding hydrogens is 891 g/mol. The van der Waals surface area contributed by atoms with Crippen LogP contribution in [0.15, 0.2) is 127 Å². The van der Waals surface area contributed by atoms with E-state index in [0.717, 1.165) is 0 Å². The second-order valence-electron chi connectivity index (χ2n) is 15.2. The van der Waals surface area contributed by atoms with Gasteiger partial charge in [0.05, 0.1) is 0 Å². The largest absolute Gasteiger partial charge is 0.444 e. The summed E-state index contributed by atoms with van der Waals surface area (Å²) in [5.74, 6) is -3.41. The lowest BCUT2D eigenvalue weighted by Crippen LogP contribution is -2.27. The van der Waals surface area contributed by atoms with Crippen molar-refractivity contribution in [2.75, 3.05) is 43.0 Å². The lowest BCUT2D eigenvalue weighted by molar-refractivity contribution is 0.0634. The molecule has 7 aromatic rings. The van der Waals surface area contributed by atoms with Crippen LogP contribution in [0.3, 0.4) is 0 Å². The molecule has 7 amide bonds. The second kappa shape index (κ2) is 20.8. The molecule has 346 valence electrons. The zero-order valence-corrected chi connectivity index (χ0v) is 36.6. The van der Waals surface area contributed by atoms with E-state index in [-0.39, 0.29) is 80.7 Å². The third-order valence-corrected chi connectivity index (χ3v) is 8.74. The molecular formula is C46H39N15O8. The van der Waals surface area contributed by atoms with Crippen LogP contribution >= 0.6 is 0 Å². The maximum atomic E-state index is 13.3. The maximum absolute atomic E-state index is 13.3. The summed E-state index contributed by atoms with van der Waals surface area (Å²) in [5.41, 5.74) is 4.24. The first-order chi connectivity index (χ1) is 33.0. The number of nitrogens with one attached hydrogen (secondary N) is 7. The predicted octanol–water partition coefficient (Wildman–Crippen LogP) is 5.89. The highest BCUT2D eigenvalue weighted by atomic mass is 16.6. The minimum atomic E-state index is -0.735. The number of pyridine rings is 7. The number of hydrogen-bond acceptors (Lipinski definition) is 16. The molecule has 69 heavy (non-hydrogen) atoms. The summed E-state index contributed by atoms with van der Waals surface area (Å²) in [6.07, 6.45) is -0.727. The fraction of sp³-hybridized carbons (Fsp3) is 0.0870. The summed E-state index contributed by atoms with van der Waals surface area (Å²) in [5, 5.41) is 17.9. The van der Waals surface area contributed by atoms with Gasteiger partial charge in [0.1, 0.15) is 86.3 Å². The van der Waals surface area contributed by atoms with Crippen LogP contribution in [-0.2, 0) is 4.74 Å². The molecule has 0 aliphatic heterocycles. The van der Waals surface area contributed by atoms with Crippen molar-refractivity contribution in [3.05, 3.63) is 162 Å². The van der Waals surface area contributed by atoms with E-state index in [2.05, 4.69) is 72.1 Å². The zero-order chi connectivity index (χ0) is 49.1. The molecule has 0 saturated carbocycles. The number of ether oxygens (including phenoxy) is 1. The first kappa shape index (κ1) is 46.9. The van der Waals surface area contributed by atoms with Gasteiger partial charge in [-0.2, -0.15) is 0 Å². The topological polar surface area (TPSA) is 329 Å². The third kappa shape index (κ3) is 13.3. The molecule has 0 radical (unpaired) electrons. The monoisotopic (exact) mass is 929 g/mol. The van der Waals surface area contributed by atoms with Crippen LogP contribution in [0, 0.1) is 0 Å². The summed E-state index contributed by atoms with van der Waals surface area (Å²) >= 11 is 0. The maximum Gasteiger partial charge on any atom is 0.413 e. The number of anilines is 8. The van der Waals surface area contributed by atoms with E-state index in [9.17, 15) is 33.6 Å². The van der Waals surface area contributed by atoms with Crippen LogP contribution in [0.5, 0.6) is 0 Å². The molecule has 0 bridgehead atoms. The zero-order valence-electron chi connectivity index (χ0n) is 36.6. The minimum absolute atomic E-state index is 0.0229. The molecule has 0 fully saturated rings. The summed E-state index contributed by atoms with van der Waals surface area (Å²) < 4.78 is 5.23. The Morgan fingerprint density at radius 1 is 0.348 bits per heavy atom. The average molecular weight is 930 g/mol. The molecule has 0 aliphatic rings. The lowest BCUT2D eigenvalue weighted by Gasteiger charge is -2.19. The quantitative estimate of drug-likeness (QED) is 0.0668. The van der Waals surface area contributed by atoms with Crippen molar-refractivity contribution in [3.8, 4) is 0 Å². The van der Waals surface area contributed by atoms with E-state index >= 15 is 0 Å².